The number of amides is 2. The second kappa shape index (κ2) is 7.64. The summed E-state index contributed by atoms with van der Waals surface area (Å²) in [4.78, 5) is 35.1. The summed E-state index contributed by atoms with van der Waals surface area (Å²) in [6, 6.07) is 7.44. The molecule has 3 rings (SSSR count). The Labute approximate surface area is 153 Å². The van der Waals surface area contributed by atoms with E-state index in [2.05, 4.69) is 15.3 Å². The van der Waals surface area contributed by atoms with Gasteiger partial charge in [-0.05, 0) is 38.8 Å². The maximum absolute atomic E-state index is 12.4. The average Bonchev–Trinajstić information content (AvgIpc) is 3.10. The summed E-state index contributed by atoms with van der Waals surface area (Å²) >= 11 is 0. The van der Waals surface area contributed by atoms with Crippen LogP contribution < -0.4 is 5.32 Å². The molecule has 1 aromatic carbocycles. The van der Waals surface area contributed by atoms with Crippen LogP contribution in [0.25, 0.3) is 0 Å². The molecule has 1 aromatic heterocycles. The van der Waals surface area contributed by atoms with Crippen LogP contribution in [0.5, 0.6) is 0 Å². The minimum Gasteiger partial charge on any atom is -0.348 e. The monoisotopic (exact) mass is 352 g/mol. The van der Waals surface area contributed by atoms with Crippen LogP contribution in [0.4, 0.5) is 0 Å². The maximum Gasteiger partial charge on any atom is 0.251 e. The van der Waals surface area contributed by atoms with E-state index >= 15 is 0 Å². The zero-order valence-electron chi connectivity index (χ0n) is 15.5. The molecule has 0 aliphatic carbocycles. The summed E-state index contributed by atoms with van der Waals surface area (Å²) in [6.07, 6.45) is 3.60. The van der Waals surface area contributed by atoms with Gasteiger partial charge in [0.2, 0.25) is 5.91 Å². The van der Waals surface area contributed by atoms with Gasteiger partial charge in [-0.1, -0.05) is 17.7 Å². The minimum atomic E-state index is -0.130. The Morgan fingerprint density at radius 2 is 2.12 bits per heavy atom. The molecule has 1 atom stereocenters. The third-order valence-electron chi connectivity index (χ3n) is 4.71. The van der Waals surface area contributed by atoms with E-state index in [1.807, 2.05) is 36.9 Å². The Bertz CT molecular complexity index is 834. The van der Waals surface area contributed by atoms with Gasteiger partial charge in [-0.2, -0.15) is 0 Å². The molecule has 2 aromatic rings. The van der Waals surface area contributed by atoms with Crippen LogP contribution in [-0.2, 0) is 11.3 Å². The van der Waals surface area contributed by atoms with E-state index in [0.29, 0.717) is 17.9 Å². The molecule has 0 radical (unpaired) electrons. The lowest BCUT2D eigenvalue weighted by molar-refractivity contribution is -0.129. The number of aromatic nitrogens is 2. The summed E-state index contributed by atoms with van der Waals surface area (Å²) < 4.78 is 0. The molecule has 1 aliphatic heterocycles. The Hall–Kier alpha value is -2.76. The standard InChI is InChI=1S/C20H24N4O2/c1-13-6-4-7-16(10-13)20(26)22-12-17-11-21-14(2)23-19(17)18-8-5-9-24(18)15(3)25/h4,6-7,10-11,18H,5,8-9,12H2,1-3H3,(H,22,26)/t18-/m0/s1. The SMILES string of the molecule is CC(=O)N1CCC[C@H]1c1nc(C)ncc1CNC(=O)c1cccc(C)c1. The fourth-order valence-corrected chi connectivity index (χ4v) is 3.43. The van der Waals surface area contributed by atoms with Crippen LogP contribution in [0.2, 0.25) is 0 Å². The minimum absolute atomic E-state index is 0.0416. The zero-order valence-corrected chi connectivity index (χ0v) is 15.5. The normalized spacial score (nSPS) is 16.6. The number of benzene rings is 1. The van der Waals surface area contributed by atoms with Crippen molar-refractivity contribution in [2.24, 2.45) is 0 Å². The Morgan fingerprint density at radius 1 is 1.31 bits per heavy atom. The maximum atomic E-state index is 12.4. The van der Waals surface area contributed by atoms with Crippen molar-refractivity contribution < 1.29 is 9.59 Å². The molecule has 0 spiro atoms. The van der Waals surface area contributed by atoms with E-state index in [4.69, 9.17) is 0 Å². The van der Waals surface area contributed by atoms with Crippen molar-refractivity contribution in [3.05, 3.63) is 58.7 Å². The smallest absolute Gasteiger partial charge is 0.251 e. The van der Waals surface area contributed by atoms with Crippen LogP contribution in [0.1, 0.15) is 58.8 Å². The van der Waals surface area contributed by atoms with Crippen molar-refractivity contribution in [3.63, 3.8) is 0 Å². The Kier molecular flexibility index (Phi) is 5.30. The summed E-state index contributed by atoms with van der Waals surface area (Å²) in [6.45, 7) is 6.47. The first kappa shape index (κ1) is 18.0. The molecule has 0 unspecified atom stereocenters. The topological polar surface area (TPSA) is 75.2 Å². The van der Waals surface area contributed by atoms with Crippen LogP contribution in [0, 0.1) is 13.8 Å². The van der Waals surface area contributed by atoms with E-state index in [0.717, 1.165) is 36.2 Å². The lowest BCUT2D eigenvalue weighted by Crippen LogP contribution is -2.31. The third-order valence-corrected chi connectivity index (χ3v) is 4.71. The van der Waals surface area contributed by atoms with Gasteiger partial charge < -0.3 is 10.2 Å². The van der Waals surface area contributed by atoms with E-state index in [1.165, 1.54) is 0 Å². The average molecular weight is 352 g/mol. The van der Waals surface area contributed by atoms with Gasteiger partial charge in [-0.15, -0.1) is 0 Å². The first-order valence-corrected chi connectivity index (χ1v) is 8.90. The molecule has 2 amide bonds. The molecule has 1 fully saturated rings. The molecule has 6 heteroatoms. The van der Waals surface area contributed by atoms with Crippen molar-refractivity contribution in [3.8, 4) is 0 Å². The molecule has 0 bridgehead atoms. The predicted molar refractivity (Wildman–Crippen MR) is 98.5 cm³/mol. The predicted octanol–water partition coefficient (Wildman–Crippen LogP) is 2.71. The molecule has 0 saturated carbocycles. The molecule has 136 valence electrons. The summed E-state index contributed by atoms with van der Waals surface area (Å²) in [5.41, 5.74) is 3.37. The van der Waals surface area contributed by atoms with Gasteiger partial charge in [-0.3, -0.25) is 9.59 Å². The van der Waals surface area contributed by atoms with Gasteiger partial charge in [0, 0.05) is 37.3 Å². The molecular formula is C20H24N4O2. The van der Waals surface area contributed by atoms with Crippen molar-refractivity contribution in [2.45, 2.75) is 46.2 Å². The van der Waals surface area contributed by atoms with Gasteiger partial charge in [0.05, 0.1) is 11.7 Å². The highest BCUT2D eigenvalue weighted by atomic mass is 16.2. The first-order valence-electron chi connectivity index (χ1n) is 8.90. The van der Waals surface area contributed by atoms with E-state index in [1.54, 1.807) is 19.2 Å². The number of nitrogens with zero attached hydrogens (tertiary/aromatic N) is 3. The summed E-state index contributed by atoms with van der Waals surface area (Å²) in [7, 11) is 0. The quantitative estimate of drug-likeness (QED) is 0.918. The second-order valence-electron chi connectivity index (χ2n) is 6.75. The molecular weight excluding hydrogens is 328 g/mol. The fourth-order valence-electron chi connectivity index (χ4n) is 3.43. The highest BCUT2D eigenvalue weighted by Gasteiger charge is 2.31. The summed E-state index contributed by atoms with van der Waals surface area (Å²) in [5.74, 6) is 0.595. The van der Waals surface area contributed by atoms with Gasteiger partial charge in [0.25, 0.3) is 5.91 Å². The number of nitrogens with one attached hydrogen (secondary N) is 1. The molecule has 6 nitrogen and oxygen atoms in total. The number of likely N-dealkylation sites (tertiary alicyclic amines) is 1. The summed E-state index contributed by atoms with van der Waals surface area (Å²) in [5, 5.41) is 2.95. The molecule has 1 saturated heterocycles. The molecule has 1 N–H and O–H groups in total. The van der Waals surface area contributed by atoms with Crippen LogP contribution in [-0.4, -0.2) is 33.2 Å². The molecule has 1 aliphatic rings. The van der Waals surface area contributed by atoms with Crippen molar-refractivity contribution >= 4 is 11.8 Å². The van der Waals surface area contributed by atoms with Crippen LogP contribution in [0.3, 0.4) is 0 Å². The van der Waals surface area contributed by atoms with Crippen molar-refractivity contribution in [1.82, 2.24) is 20.2 Å². The van der Waals surface area contributed by atoms with Crippen molar-refractivity contribution in [2.75, 3.05) is 6.54 Å². The lowest BCUT2D eigenvalue weighted by Gasteiger charge is -2.25. The first-order chi connectivity index (χ1) is 12.5. The molecule has 2 heterocycles. The Balaban J connectivity index is 1.80. The largest absolute Gasteiger partial charge is 0.348 e. The van der Waals surface area contributed by atoms with Crippen molar-refractivity contribution in [1.29, 1.82) is 0 Å². The number of carbonyl (C=O) groups excluding carboxylic acids is 2. The van der Waals surface area contributed by atoms with E-state index < -0.39 is 0 Å². The van der Waals surface area contributed by atoms with Gasteiger partial charge in [0.15, 0.2) is 0 Å². The number of hydrogen-bond donors (Lipinski definition) is 1. The van der Waals surface area contributed by atoms with E-state index in [9.17, 15) is 9.59 Å². The highest BCUT2D eigenvalue weighted by molar-refractivity contribution is 5.94. The van der Waals surface area contributed by atoms with Gasteiger partial charge >= 0.3 is 0 Å². The fraction of sp³-hybridized carbons (Fsp3) is 0.400. The zero-order chi connectivity index (χ0) is 18.7. The van der Waals surface area contributed by atoms with Crippen LogP contribution >= 0.6 is 0 Å². The number of rotatable bonds is 4. The van der Waals surface area contributed by atoms with Gasteiger partial charge in [-0.25, -0.2) is 9.97 Å². The van der Waals surface area contributed by atoms with Crippen LogP contribution in [0.15, 0.2) is 30.5 Å². The van der Waals surface area contributed by atoms with Gasteiger partial charge in [0.1, 0.15) is 5.82 Å². The highest BCUT2D eigenvalue weighted by Crippen LogP contribution is 2.32. The lowest BCUT2D eigenvalue weighted by atomic mass is 10.1. The van der Waals surface area contributed by atoms with E-state index in [-0.39, 0.29) is 17.9 Å². The molecule has 26 heavy (non-hydrogen) atoms. The number of carbonyl (C=O) groups is 2. The Morgan fingerprint density at radius 3 is 2.85 bits per heavy atom. The number of aryl methyl sites for hydroxylation is 2. The third kappa shape index (κ3) is 3.90. The number of hydrogen-bond acceptors (Lipinski definition) is 4. The second-order valence-corrected chi connectivity index (χ2v) is 6.75.